The molecule has 0 saturated carbocycles. The molecule has 0 aliphatic heterocycles. The van der Waals surface area contributed by atoms with Gasteiger partial charge < -0.3 is 0 Å². The summed E-state index contributed by atoms with van der Waals surface area (Å²) >= 11 is 1.60. The van der Waals surface area contributed by atoms with Crippen molar-refractivity contribution in [3.63, 3.8) is 0 Å². The van der Waals surface area contributed by atoms with Crippen molar-refractivity contribution in [3.05, 3.63) is 65.6 Å². The SMILES string of the molecule is CCC(=O)Nc1nccc(/C=C/c2c(-c3ccccc3)nc3sccn23)n1. The number of hydrogen-bond acceptors (Lipinski definition) is 5. The zero-order valence-electron chi connectivity index (χ0n) is 14.7. The van der Waals surface area contributed by atoms with Crippen LogP contribution in [-0.2, 0) is 4.79 Å². The number of nitrogens with one attached hydrogen (secondary N) is 1. The van der Waals surface area contributed by atoms with Crippen molar-refractivity contribution in [2.75, 3.05) is 5.32 Å². The van der Waals surface area contributed by atoms with E-state index in [0.717, 1.165) is 21.9 Å². The van der Waals surface area contributed by atoms with Crippen LogP contribution in [0, 0.1) is 0 Å². The molecule has 0 spiro atoms. The van der Waals surface area contributed by atoms with Crippen LogP contribution in [0.25, 0.3) is 28.4 Å². The average molecular weight is 375 g/mol. The second-order valence-electron chi connectivity index (χ2n) is 5.81. The molecule has 4 rings (SSSR count). The smallest absolute Gasteiger partial charge is 0.229 e. The lowest BCUT2D eigenvalue weighted by Crippen LogP contribution is -2.12. The monoisotopic (exact) mass is 375 g/mol. The van der Waals surface area contributed by atoms with E-state index in [1.807, 2.05) is 54.1 Å². The normalized spacial score (nSPS) is 11.3. The van der Waals surface area contributed by atoms with Gasteiger partial charge in [0.2, 0.25) is 11.9 Å². The number of anilines is 1. The van der Waals surface area contributed by atoms with Crippen molar-refractivity contribution in [1.82, 2.24) is 19.4 Å². The first kappa shape index (κ1) is 17.1. The number of benzene rings is 1. The van der Waals surface area contributed by atoms with E-state index in [9.17, 15) is 4.79 Å². The molecule has 1 aromatic carbocycles. The Balaban J connectivity index is 1.70. The van der Waals surface area contributed by atoms with Crippen molar-refractivity contribution in [2.45, 2.75) is 13.3 Å². The molecule has 0 aliphatic rings. The Kier molecular flexibility index (Phi) is 4.76. The standard InChI is InChI=1S/C20H17N5OS/c1-2-17(26)23-19-21-11-10-15(22-19)8-9-16-18(14-6-4-3-5-7-14)24-20-25(16)12-13-27-20/h3-13H,2H2,1H3,(H,21,22,23,26)/b9-8+. The minimum Gasteiger partial charge on any atom is -0.295 e. The van der Waals surface area contributed by atoms with Gasteiger partial charge in [0.15, 0.2) is 4.96 Å². The van der Waals surface area contributed by atoms with E-state index >= 15 is 0 Å². The Hall–Kier alpha value is -3.32. The van der Waals surface area contributed by atoms with Crippen LogP contribution >= 0.6 is 11.3 Å². The van der Waals surface area contributed by atoms with Gasteiger partial charge in [0, 0.05) is 29.8 Å². The summed E-state index contributed by atoms with van der Waals surface area (Å²) in [6.07, 6.45) is 7.91. The minimum absolute atomic E-state index is 0.113. The van der Waals surface area contributed by atoms with Crippen molar-refractivity contribution >= 4 is 40.3 Å². The summed E-state index contributed by atoms with van der Waals surface area (Å²) in [5, 5.41) is 4.69. The maximum absolute atomic E-state index is 11.5. The van der Waals surface area contributed by atoms with Gasteiger partial charge in [-0.2, -0.15) is 0 Å². The summed E-state index contributed by atoms with van der Waals surface area (Å²) < 4.78 is 2.06. The molecule has 0 atom stereocenters. The first-order valence-electron chi connectivity index (χ1n) is 8.56. The number of rotatable bonds is 5. The maximum Gasteiger partial charge on any atom is 0.229 e. The van der Waals surface area contributed by atoms with E-state index in [-0.39, 0.29) is 5.91 Å². The molecule has 134 valence electrons. The molecule has 3 aromatic heterocycles. The molecule has 3 heterocycles. The topological polar surface area (TPSA) is 72.2 Å². The third-order valence-electron chi connectivity index (χ3n) is 4.01. The van der Waals surface area contributed by atoms with Gasteiger partial charge in [-0.15, -0.1) is 11.3 Å². The van der Waals surface area contributed by atoms with Crippen molar-refractivity contribution in [3.8, 4) is 11.3 Å². The van der Waals surface area contributed by atoms with Crippen LogP contribution < -0.4 is 5.32 Å². The lowest BCUT2D eigenvalue weighted by molar-refractivity contribution is -0.115. The Morgan fingerprint density at radius 3 is 2.85 bits per heavy atom. The van der Waals surface area contributed by atoms with Crippen molar-refractivity contribution in [1.29, 1.82) is 0 Å². The fourth-order valence-corrected chi connectivity index (χ4v) is 3.40. The van der Waals surface area contributed by atoms with Crippen LogP contribution in [0.1, 0.15) is 24.7 Å². The number of thiazole rings is 1. The summed E-state index contributed by atoms with van der Waals surface area (Å²) in [5.41, 5.74) is 3.68. The average Bonchev–Trinajstić information content (AvgIpc) is 3.29. The molecule has 27 heavy (non-hydrogen) atoms. The number of imidazole rings is 1. The molecule has 1 amide bonds. The van der Waals surface area contributed by atoms with Gasteiger partial charge >= 0.3 is 0 Å². The highest BCUT2D eigenvalue weighted by molar-refractivity contribution is 7.15. The van der Waals surface area contributed by atoms with E-state index < -0.39 is 0 Å². The van der Waals surface area contributed by atoms with Crippen molar-refractivity contribution in [2.24, 2.45) is 0 Å². The number of carbonyl (C=O) groups is 1. The third-order valence-corrected chi connectivity index (χ3v) is 4.76. The zero-order valence-corrected chi connectivity index (χ0v) is 15.5. The van der Waals surface area contributed by atoms with Gasteiger partial charge in [0.25, 0.3) is 0 Å². The van der Waals surface area contributed by atoms with E-state index in [1.54, 1.807) is 30.5 Å². The van der Waals surface area contributed by atoms with Crippen LogP contribution in [0.3, 0.4) is 0 Å². The van der Waals surface area contributed by atoms with Gasteiger partial charge in [-0.05, 0) is 18.2 Å². The van der Waals surface area contributed by atoms with Crippen LogP contribution in [0.2, 0.25) is 0 Å². The summed E-state index contributed by atoms with van der Waals surface area (Å²) in [5.74, 6) is 0.194. The van der Waals surface area contributed by atoms with Gasteiger partial charge in [-0.1, -0.05) is 37.3 Å². The summed E-state index contributed by atoms with van der Waals surface area (Å²) in [4.78, 5) is 25.7. The summed E-state index contributed by atoms with van der Waals surface area (Å²) in [7, 11) is 0. The second-order valence-corrected chi connectivity index (χ2v) is 6.68. The molecule has 0 unspecified atom stereocenters. The predicted molar refractivity (Wildman–Crippen MR) is 108 cm³/mol. The minimum atomic E-state index is -0.113. The number of nitrogens with zero attached hydrogens (tertiary/aromatic N) is 4. The van der Waals surface area contributed by atoms with Gasteiger partial charge in [0.1, 0.15) is 0 Å². The number of aromatic nitrogens is 4. The van der Waals surface area contributed by atoms with Crippen LogP contribution in [-0.4, -0.2) is 25.3 Å². The third kappa shape index (κ3) is 3.63. The first-order chi connectivity index (χ1) is 13.2. The number of fused-ring (bicyclic) bond motifs is 1. The highest BCUT2D eigenvalue weighted by Gasteiger charge is 2.12. The second kappa shape index (κ2) is 7.51. The van der Waals surface area contributed by atoms with Crippen molar-refractivity contribution < 1.29 is 4.79 Å². The Labute approximate surface area is 160 Å². The molecule has 0 saturated heterocycles. The van der Waals surface area contributed by atoms with Crippen LogP contribution in [0.15, 0.2) is 54.2 Å². The first-order valence-corrected chi connectivity index (χ1v) is 9.44. The Morgan fingerprint density at radius 1 is 1.19 bits per heavy atom. The fourth-order valence-electron chi connectivity index (χ4n) is 2.67. The Morgan fingerprint density at radius 2 is 2.04 bits per heavy atom. The summed E-state index contributed by atoms with van der Waals surface area (Å²) in [6, 6.07) is 11.9. The van der Waals surface area contributed by atoms with Crippen LogP contribution in [0.5, 0.6) is 0 Å². The predicted octanol–water partition coefficient (Wildman–Crippen LogP) is 4.37. The molecule has 4 aromatic rings. The molecule has 0 bridgehead atoms. The molecular weight excluding hydrogens is 358 g/mol. The summed E-state index contributed by atoms with van der Waals surface area (Å²) in [6.45, 7) is 1.79. The van der Waals surface area contributed by atoms with Gasteiger partial charge in [-0.25, -0.2) is 15.0 Å². The molecular formula is C20H17N5OS. The van der Waals surface area contributed by atoms with Gasteiger partial charge in [0.05, 0.1) is 17.1 Å². The molecule has 1 N–H and O–H groups in total. The highest BCUT2D eigenvalue weighted by Crippen LogP contribution is 2.28. The molecule has 6 nitrogen and oxygen atoms in total. The molecule has 0 radical (unpaired) electrons. The zero-order chi connectivity index (χ0) is 18.6. The van der Waals surface area contributed by atoms with E-state index in [1.165, 1.54) is 0 Å². The van der Waals surface area contributed by atoms with E-state index in [2.05, 4.69) is 19.7 Å². The fraction of sp³-hybridized carbons (Fsp3) is 0.100. The van der Waals surface area contributed by atoms with E-state index in [4.69, 9.17) is 4.98 Å². The highest BCUT2D eigenvalue weighted by atomic mass is 32.1. The maximum atomic E-state index is 11.5. The number of hydrogen-bond donors (Lipinski definition) is 1. The molecule has 7 heteroatoms. The quantitative estimate of drug-likeness (QED) is 0.562. The number of carbonyl (C=O) groups excluding carboxylic acids is 1. The van der Waals surface area contributed by atoms with E-state index in [0.29, 0.717) is 18.1 Å². The lowest BCUT2D eigenvalue weighted by Gasteiger charge is -2.02. The van der Waals surface area contributed by atoms with Crippen LogP contribution in [0.4, 0.5) is 5.95 Å². The largest absolute Gasteiger partial charge is 0.295 e. The molecule has 0 aliphatic carbocycles. The lowest BCUT2D eigenvalue weighted by atomic mass is 10.1. The number of amides is 1. The van der Waals surface area contributed by atoms with Gasteiger partial charge in [-0.3, -0.25) is 14.5 Å². The Bertz CT molecular complexity index is 1110. The molecule has 0 fully saturated rings.